The predicted octanol–water partition coefficient (Wildman–Crippen LogP) is 4.65. The van der Waals surface area contributed by atoms with Gasteiger partial charge in [-0.15, -0.1) is 0 Å². The monoisotopic (exact) mass is 244 g/mol. The number of rotatable bonds is 6. The second kappa shape index (κ2) is 6.03. The lowest BCUT2D eigenvalue weighted by atomic mass is 9.89. The Morgan fingerprint density at radius 1 is 1.17 bits per heavy atom. The van der Waals surface area contributed by atoms with Crippen molar-refractivity contribution in [1.29, 1.82) is 0 Å². The molecule has 0 bridgehead atoms. The van der Waals surface area contributed by atoms with Crippen LogP contribution < -0.4 is 0 Å². The molecule has 2 rings (SSSR count). The highest BCUT2D eigenvalue weighted by atomic mass is 15.2. The molecule has 98 valence electrons. The van der Waals surface area contributed by atoms with E-state index in [1.807, 2.05) is 17.9 Å². The van der Waals surface area contributed by atoms with E-state index in [0.29, 0.717) is 0 Å². The van der Waals surface area contributed by atoms with Crippen LogP contribution in [0.5, 0.6) is 0 Å². The van der Waals surface area contributed by atoms with Gasteiger partial charge in [0.1, 0.15) is 0 Å². The van der Waals surface area contributed by atoms with Crippen LogP contribution in [0.3, 0.4) is 0 Å². The van der Waals surface area contributed by atoms with Gasteiger partial charge in [-0.1, -0.05) is 39.2 Å². The predicted molar refractivity (Wildman–Crippen MR) is 77.9 cm³/mol. The van der Waals surface area contributed by atoms with Crippen LogP contribution in [0, 0.1) is 0 Å². The van der Waals surface area contributed by atoms with Crippen molar-refractivity contribution >= 4 is 10.9 Å². The van der Waals surface area contributed by atoms with Gasteiger partial charge in [0.15, 0.2) is 0 Å². The average molecular weight is 244 g/mol. The van der Waals surface area contributed by atoms with E-state index < -0.39 is 0 Å². The van der Waals surface area contributed by atoms with Gasteiger partial charge < -0.3 is 0 Å². The molecule has 0 aliphatic rings. The summed E-state index contributed by atoms with van der Waals surface area (Å²) in [6, 6.07) is 6.84. The Kier molecular flexibility index (Phi) is 4.40. The van der Waals surface area contributed by atoms with E-state index in [4.69, 9.17) is 0 Å². The smallest absolute Gasteiger partial charge is 0.0679 e. The molecule has 0 aliphatic carbocycles. The van der Waals surface area contributed by atoms with Crippen molar-refractivity contribution in [3.05, 3.63) is 30.0 Å². The van der Waals surface area contributed by atoms with E-state index in [0.717, 1.165) is 5.92 Å². The van der Waals surface area contributed by atoms with Crippen LogP contribution in [0.2, 0.25) is 0 Å². The molecular weight excluding hydrogens is 220 g/mol. The van der Waals surface area contributed by atoms with Gasteiger partial charge >= 0.3 is 0 Å². The van der Waals surface area contributed by atoms with Crippen molar-refractivity contribution < 1.29 is 0 Å². The standard InChI is InChI=1S/C16H24N2/c1-4-6-8-13(7-5-2)14-9-10-16-15(11-14)12-17-18(16)3/h9-13H,4-8H2,1-3H3. The number of aryl methyl sites for hydroxylation is 1. The zero-order valence-corrected chi connectivity index (χ0v) is 11.8. The summed E-state index contributed by atoms with van der Waals surface area (Å²) < 4.78 is 1.94. The summed E-state index contributed by atoms with van der Waals surface area (Å²) in [7, 11) is 2.00. The highest BCUT2D eigenvalue weighted by molar-refractivity contribution is 5.79. The van der Waals surface area contributed by atoms with Gasteiger partial charge in [-0.3, -0.25) is 4.68 Å². The van der Waals surface area contributed by atoms with Crippen LogP contribution in [-0.2, 0) is 7.05 Å². The molecule has 18 heavy (non-hydrogen) atoms. The van der Waals surface area contributed by atoms with E-state index in [1.54, 1.807) is 0 Å². The lowest BCUT2D eigenvalue weighted by molar-refractivity contribution is 0.541. The van der Waals surface area contributed by atoms with Gasteiger partial charge in [-0.2, -0.15) is 5.10 Å². The van der Waals surface area contributed by atoms with Crippen LogP contribution in [0.1, 0.15) is 57.4 Å². The molecule has 1 aromatic carbocycles. The molecular formula is C16H24N2. The number of benzene rings is 1. The molecule has 0 fully saturated rings. The van der Waals surface area contributed by atoms with Gasteiger partial charge in [0.05, 0.1) is 11.7 Å². The molecule has 0 aliphatic heterocycles. The number of unbranched alkanes of at least 4 members (excludes halogenated alkanes) is 1. The Morgan fingerprint density at radius 3 is 2.72 bits per heavy atom. The van der Waals surface area contributed by atoms with Gasteiger partial charge in [-0.25, -0.2) is 0 Å². The van der Waals surface area contributed by atoms with Crippen LogP contribution >= 0.6 is 0 Å². The Bertz CT molecular complexity index is 499. The van der Waals surface area contributed by atoms with E-state index in [-0.39, 0.29) is 0 Å². The normalized spacial score (nSPS) is 13.1. The molecule has 1 unspecified atom stereocenters. The van der Waals surface area contributed by atoms with Gasteiger partial charge in [-0.05, 0) is 36.5 Å². The Morgan fingerprint density at radius 2 is 2.00 bits per heavy atom. The van der Waals surface area contributed by atoms with Crippen LogP contribution in [-0.4, -0.2) is 9.78 Å². The molecule has 1 atom stereocenters. The van der Waals surface area contributed by atoms with Gasteiger partial charge in [0.25, 0.3) is 0 Å². The third-order valence-electron chi connectivity index (χ3n) is 3.78. The van der Waals surface area contributed by atoms with E-state index in [9.17, 15) is 0 Å². The minimum atomic E-state index is 0.722. The van der Waals surface area contributed by atoms with Gasteiger partial charge in [0, 0.05) is 12.4 Å². The molecule has 1 heterocycles. The molecule has 0 N–H and O–H groups in total. The van der Waals surface area contributed by atoms with Crippen molar-refractivity contribution in [3.63, 3.8) is 0 Å². The SMILES string of the molecule is CCCCC(CCC)c1ccc2c(cnn2C)c1. The Labute approximate surface area is 110 Å². The number of aromatic nitrogens is 2. The van der Waals surface area contributed by atoms with Crippen molar-refractivity contribution in [2.45, 2.75) is 51.9 Å². The second-order valence-electron chi connectivity index (χ2n) is 5.21. The summed E-state index contributed by atoms with van der Waals surface area (Å²) in [6.45, 7) is 4.55. The number of fused-ring (bicyclic) bond motifs is 1. The van der Waals surface area contributed by atoms with Crippen molar-refractivity contribution in [1.82, 2.24) is 9.78 Å². The topological polar surface area (TPSA) is 17.8 Å². The fourth-order valence-corrected chi connectivity index (χ4v) is 2.71. The largest absolute Gasteiger partial charge is 0.268 e. The highest BCUT2D eigenvalue weighted by Crippen LogP contribution is 2.29. The van der Waals surface area contributed by atoms with Crippen LogP contribution in [0.4, 0.5) is 0 Å². The first-order valence-corrected chi connectivity index (χ1v) is 7.18. The maximum Gasteiger partial charge on any atom is 0.0679 e. The summed E-state index contributed by atoms with van der Waals surface area (Å²) in [5.41, 5.74) is 2.72. The quantitative estimate of drug-likeness (QED) is 0.723. The van der Waals surface area contributed by atoms with Crippen molar-refractivity contribution in [2.75, 3.05) is 0 Å². The minimum absolute atomic E-state index is 0.722. The number of hydrogen-bond acceptors (Lipinski definition) is 1. The zero-order valence-electron chi connectivity index (χ0n) is 11.8. The molecule has 1 aromatic heterocycles. The highest BCUT2D eigenvalue weighted by Gasteiger charge is 2.11. The summed E-state index contributed by atoms with van der Waals surface area (Å²) >= 11 is 0. The summed E-state index contributed by atoms with van der Waals surface area (Å²) in [5.74, 6) is 0.722. The first kappa shape index (κ1) is 13.1. The average Bonchev–Trinajstić information content (AvgIpc) is 2.76. The van der Waals surface area contributed by atoms with Crippen LogP contribution in [0.15, 0.2) is 24.4 Å². The van der Waals surface area contributed by atoms with Crippen LogP contribution in [0.25, 0.3) is 10.9 Å². The first-order valence-electron chi connectivity index (χ1n) is 7.18. The first-order chi connectivity index (χ1) is 8.76. The summed E-state index contributed by atoms with van der Waals surface area (Å²) in [6.07, 6.45) is 8.47. The van der Waals surface area contributed by atoms with Gasteiger partial charge in [0.2, 0.25) is 0 Å². The molecule has 0 spiro atoms. The van der Waals surface area contributed by atoms with E-state index in [2.05, 4.69) is 37.1 Å². The fraction of sp³-hybridized carbons (Fsp3) is 0.562. The molecule has 0 saturated carbocycles. The maximum absolute atomic E-state index is 4.32. The maximum atomic E-state index is 4.32. The van der Waals surface area contributed by atoms with Crippen molar-refractivity contribution in [3.8, 4) is 0 Å². The Balaban J connectivity index is 2.25. The van der Waals surface area contributed by atoms with Crippen molar-refractivity contribution in [2.24, 2.45) is 7.05 Å². The zero-order chi connectivity index (χ0) is 13.0. The molecule has 0 radical (unpaired) electrons. The molecule has 0 amide bonds. The lowest BCUT2D eigenvalue weighted by Crippen LogP contribution is -1.99. The molecule has 0 saturated heterocycles. The van der Waals surface area contributed by atoms with E-state index >= 15 is 0 Å². The number of hydrogen-bond donors (Lipinski definition) is 0. The minimum Gasteiger partial charge on any atom is -0.268 e. The van der Waals surface area contributed by atoms with E-state index in [1.165, 1.54) is 48.6 Å². The second-order valence-corrected chi connectivity index (χ2v) is 5.21. The lowest BCUT2D eigenvalue weighted by Gasteiger charge is -2.16. The molecule has 2 aromatic rings. The number of nitrogens with zero attached hydrogens (tertiary/aromatic N) is 2. The third kappa shape index (κ3) is 2.74. The Hall–Kier alpha value is -1.31. The molecule has 2 heteroatoms. The summed E-state index contributed by atoms with van der Waals surface area (Å²) in [5, 5.41) is 5.59. The third-order valence-corrected chi connectivity index (χ3v) is 3.78. The molecule has 2 nitrogen and oxygen atoms in total. The fourth-order valence-electron chi connectivity index (χ4n) is 2.71. The summed E-state index contributed by atoms with van der Waals surface area (Å²) in [4.78, 5) is 0.